The fourth-order valence-corrected chi connectivity index (χ4v) is 5.57. The Morgan fingerprint density at radius 1 is 1.11 bits per heavy atom. The zero-order chi connectivity index (χ0) is 25.4. The van der Waals surface area contributed by atoms with E-state index < -0.39 is 11.7 Å². The summed E-state index contributed by atoms with van der Waals surface area (Å²) in [6.07, 6.45) is 7.30. The molecule has 8 nitrogen and oxygen atoms in total. The quantitative estimate of drug-likeness (QED) is 0.430. The fourth-order valence-electron chi connectivity index (χ4n) is 5.33. The molecule has 2 atom stereocenters. The van der Waals surface area contributed by atoms with Crippen molar-refractivity contribution in [3.8, 4) is 0 Å². The molecule has 0 spiro atoms. The number of carbonyl (C=O) groups excluding carboxylic acids is 2. The van der Waals surface area contributed by atoms with Gasteiger partial charge < -0.3 is 20.3 Å². The molecule has 3 aromatic rings. The Balaban J connectivity index is 1.24. The van der Waals surface area contributed by atoms with Crippen LogP contribution in [0.1, 0.15) is 58.4 Å². The molecule has 1 aromatic heterocycles. The minimum Gasteiger partial charge on any atom is -0.442 e. The number of nitrogens with one attached hydrogen (secondary N) is 2. The van der Waals surface area contributed by atoms with Crippen molar-refractivity contribution in [3.63, 3.8) is 0 Å². The number of nitrogens with zero attached hydrogens (tertiary/aromatic N) is 3. The number of aromatic nitrogens is 2. The second-order valence-electron chi connectivity index (χ2n) is 10.6. The van der Waals surface area contributed by atoms with Crippen molar-refractivity contribution >= 4 is 46.0 Å². The highest BCUT2D eigenvalue weighted by Crippen LogP contribution is 2.40. The number of ether oxygens (including phenoxy) is 1. The number of urea groups is 1. The van der Waals surface area contributed by atoms with Gasteiger partial charge in [0, 0.05) is 34.7 Å². The van der Waals surface area contributed by atoms with E-state index in [1.54, 1.807) is 39.0 Å². The summed E-state index contributed by atoms with van der Waals surface area (Å²) in [5.41, 5.74) is 2.48. The average Bonchev–Trinajstić information content (AvgIpc) is 3.36. The maximum atomic E-state index is 12.7. The molecule has 9 heteroatoms. The molecular formula is C27H32ClN5O3. The number of benzene rings is 2. The van der Waals surface area contributed by atoms with Crippen LogP contribution in [0.25, 0.3) is 10.9 Å². The number of fused-ring (bicyclic) bond motifs is 3. The molecule has 190 valence electrons. The molecule has 0 aliphatic carbocycles. The van der Waals surface area contributed by atoms with Crippen molar-refractivity contribution in [2.24, 2.45) is 0 Å². The lowest BCUT2D eigenvalue weighted by molar-refractivity contribution is 0.0522. The van der Waals surface area contributed by atoms with E-state index in [0.29, 0.717) is 40.2 Å². The smallest absolute Gasteiger partial charge is 0.435 e. The van der Waals surface area contributed by atoms with E-state index in [0.717, 1.165) is 5.56 Å². The third-order valence-corrected chi connectivity index (χ3v) is 7.25. The number of anilines is 2. The number of hydrogen-bond donors (Lipinski definition) is 2. The van der Waals surface area contributed by atoms with Gasteiger partial charge in [-0.15, -0.1) is 0 Å². The largest absolute Gasteiger partial charge is 0.442 e. The van der Waals surface area contributed by atoms with Gasteiger partial charge in [-0.05, 0) is 82.7 Å². The molecule has 2 unspecified atom stereocenters. The van der Waals surface area contributed by atoms with Crippen molar-refractivity contribution in [1.29, 1.82) is 0 Å². The molecule has 2 aliphatic rings. The van der Waals surface area contributed by atoms with E-state index in [2.05, 4.69) is 26.7 Å². The minimum atomic E-state index is -0.641. The molecular weight excluding hydrogens is 478 g/mol. The summed E-state index contributed by atoms with van der Waals surface area (Å²) in [5.74, 6) is 0. The lowest BCUT2D eigenvalue weighted by Gasteiger charge is -2.37. The number of amides is 2. The Labute approximate surface area is 215 Å². The first-order valence-corrected chi connectivity index (χ1v) is 12.9. The molecule has 0 saturated carbocycles. The van der Waals surface area contributed by atoms with Gasteiger partial charge in [-0.25, -0.2) is 9.59 Å². The summed E-state index contributed by atoms with van der Waals surface area (Å²) >= 11 is 6.61. The number of halogens is 1. The standard InChI is InChI=1S/C27H32ClN5O3/c1-27(2,3)36-26(35)33-24-9-5-8-23(21(24)16-30-33)31-25(34)29-15-17-10-11-20(14-22(17)28)32-18-6-4-7-19(32)13-12-18/h5,8-11,14,16,18-19H,4,6-7,12-13,15H2,1-3H3,(H2,29,31,34). The van der Waals surface area contributed by atoms with Crippen LogP contribution in [0.5, 0.6) is 0 Å². The molecule has 2 amide bonds. The highest BCUT2D eigenvalue weighted by atomic mass is 35.5. The van der Waals surface area contributed by atoms with Crippen molar-refractivity contribution in [1.82, 2.24) is 15.1 Å². The van der Waals surface area contributed by atoms with Gasteiger partial charge in [-0.2, -0.15) is 9.78 Å². The topological polar surface area (TPSA) is 88.5 Å². The minimum absolute atomic E-state index is 0.297. The van der Waals surface area contributed by atoms with Crippen molar-refractivity contribution in [2.75, 3.05) is 10.2 Å². The first-order valence-electron chi connectivity index (χ1n) is 12.5. The number of rotatable bonds is 4. The Morgan fingerprint density at radius 3 is 2.56 bits per heavy atom. The van der Waals surface area contributed by atoms with Crippen LogP contribution in [0.4, 0.5) is 21.0 Å². The van der Waals surface area contributed by atoms with E-state index in [-0.39, 0.29) is 6.03 Å². The highest BCUT2D eigenvalue weighted by Gasteiger charge is 2.36. The van der Waals surface area contributed by atoms with Gasteiger partial charge in [-0.3, -0.25) is 0 Å². The SMILES string of the molecule is CC(C)(C)OC(=O)n1ncc2c(NC(=O)NCc3ccc(N4C5CCCC4CC5)cc3Cl)cccc21. The molecule has 2 N–H and O–H groups in total. The summed E-state index contributed by atoms with van der Waals surface area (Å²) in [4.78, 5) is 27.7. The van der Waals surface area contributed by atoms with Crippen molar-refractivity contribution in [2.45, 2.75) is 77.1 Å². The highest BCUT2D eigenvalue weighted by molar-refractivity contribution is 6.31. The molecule has 2 bridgehead atoms. The zero-order valence-corrected chi connectivity index (χ0v) is 21.6. The van der Waals surface area contributed by atoms with Crippen molar-refractivity contribution in [3.05, 3.63) is 53.2 Å². The van der Waals surface area contributed by atoms with E-state index in [1.807, 2.05) is 12.1 Å². The summed E-state index contributed by atoms with van der Waals surface area (Å²) in [6, 6.07) is 12.3. The molecule has 3 heterocycles. The van der Waals surface area contributed by atoms with Gasteiger partial charge >= 0.3 is 12.1 Å². The summed E-state index contributed by atoms with van der Waals surface area (Å²) in [7, 11) is 0. The van der Waals surface area contributed by atoms with Crippen LogP contribution < -0.4 is 15.5 Å². The van der Waals surface area contributed by atoms with E-state index in [1.165, 1.54) is 48.7 Å². The Morgan fingerprint density at radius 2 is 1.86 bits per heavy atom. The van der Waals surface area contributed by atoms with Gasteiger partial charge in [-0.1, -0.05) is 23.7 Å². The van der Waals surface area contributed by atoms with E-state index in [4.69, 9.17) is 16.3 Å². The summed E-state index contributed by atoms with van der Waals surface area (Å²) in [6.45, 7) is 5.69. The van der Waals surface area contributed by atoms with E-state index >= 15 is 0 Å². The van der Waals surface area contributed by atoms with Crippen molar-refractivity contribution < 1.29 is 14.3 Å². The number of hydrogen-bond acceptors (Lipinski definition) is 5. The maximum absolute atomic E-state index is 12.7. The van der Waals surface area contributed by atoms with Crippen LogP contribution in [0.15, 0.2) is 42.6 Å². The normalized spacial score (nSPS) is 19.4. The van der Waals surface area contributed by atoms with Crippen LogP contribution in [0.3, 0.4) is 0 Å². The molecule has 36 heavy (non-hydrogen) atoms. The monoisotopic (exact) mass is 509 g/mol. The lowest BCUT2D eigenvalue weighted by Crippen LogP contribution is -2.39. The second-order valence-corrected chi connectivity index (χ2v) is 11.0. The van der Waals surface area contributed by atoms with Gasteiger partial charge in [0.15, 0.2) is 0 Å². The van der Waals surface area contributed by atoms with Gasteiger partial charge in [0.25, 0.3) is 0 Å². The van der Waals surface area contributed by atoms with E-state index in [9.17, 15) is 9.59 Å². The van der Waals surface area contributed by atoms with Crippen LogP contribution in [0, 0.1) is 0 Å². The Kier molecular flexibility index (Phi) is 6.55. The second kappa shape index (κ2) is 9.65. The number of piperidine rings is 1. The fraction of sp³-hybridized carbons (Fsp3) is 0.444. The molecule has 2 saturated heterocycles. The molecule has 5 rings (SSSR count). The van der Waals surface area contributed by atoms with Gasteiger partial charge in [0.05, 0.1) is 17.4 Å². The lowest BCUT2D eigenvalue weighted by atomic mass is 10.0. The average molecular weight is 510 g/mol. The predicted octanol–water partition coefficient (Wildman–Crippen LogP) is 6.32. The van der Waals surface area contributed by atoms with Gasteiger partial charge in [0.2, 0.25) is 0 Å². The Bertz CT molecular complexity index is 1280. The molecule has 2 aliphatic heterocycles. The van der Waals surface area contributed by atoms with Crippen LogP contribution in [-0.4, -0.2) is 39.6 Å². The zero-order valence-electron chi connectivity index (χ0n) is 20.9. The number of carbonyl (C=O) groups is 2. The predicted molar refractivity (Wildman–Crippen MR) is 142 cm³/mol. The first-order chi connectivity index (χ1) is 17.2. The molecule has 2 fully saturated rings. The maximum Gasteiger partial charge on any atom is 0.435 e. The van der Waals surface area contributed by atoms with Crippen LogP contribution >= 0.6 is 11.6 Å². The Hall–Kier alpha value is -3.26. The van der Waals surface area contributed by atoms with Crippen LogP contribution in [-0.2, 0) is 11.3 Å². The third kappa shape index (κ3) is 5.00. The molecule has 2 aromatic carbocycles. The third-order valence-electron chi connectivity index (χ3n) is 6.90. The first kappa shape index (κ1) is 24.4. The van der Waals surface area contributed by atoms with Crippen LogP contribution in [0.2, 0.25) is 5.02 Å². The summed E-state index contributed by atoms with van der Waals surface area (Å²) < 4.78 is 6.61. The summed E-state index contributed by atoms with van der Waals surface area (Å²) in [5, 5.41) is 11.2. The van der Waals surface area contributed by atoms with Gasteiger partial charge in [0.1, 0.15) is 5.60 Å². The molecule has 0 radical (unpaired) electrons.